The van der Waals surface area contributed by atoms with Gasteiger partial charge in [0.25, 0.3) is 0 Å². The number of aromatic hydroxyl groups is 1. The minimum Gasteiger partial charge on any atom is -0.504 e. The van der Waals surface area contributed by atoms with Crippen molar-refractivity contribution in [2.75, 3.05) is 5.32 Å². The Morgan fingerprint density at radius 3 is 3.10 bits per heavy atom. The SMILES string of the molecule is C=CNc1ncccc1O. The van der Waals surface area contributed by atoms with E-state index in [2.05, 4.69) is 16.9 Å². The first kappa shape index (κ1) is 6.61. The molecule has 1 rings (SSSR count). The average Bonchev–Trinajstić information content (AvgIpc) is 1.94. The van der Waals surface area contributed by atoms with Crippen LogP contribution in [0.2, 0.25) is 0 Å². The molecule has 10 heavy (non-hydrogen) atoms. The summed E-state index contributed by atoms with van der Waals surface area (Å²) in [5.74, 6) is 0.555. The van der Waals surface area contributed by atoms with E-state index >= 15 is 0 Å². The highest BCUT2D eigenvalue weighted by Crippen LogP contribution is 2.17. The molecule has 0 unspecified atom stereocenters. The van der Waals surface area contributed by atoms with E-state index in [4.69, 9.17) is 5.11 Å². The van der Waals surface area contributed by atoms with Gasteiger partial charge in [0.15, 0.2) is 11.6 Å². The van der Waals surface area contributed by atoms with Gasteiger partial charge in [-0.15, -0.1) is 0 Å². The van der Waals surface area contributed by atoms with Crippen LogP contribution in [-0.2, 0) is 0 Å². The standard InChI is InChI=1S/C7H8N2O/c1-2-8-7-6(10)4-3-5-9-7/h2-5,10H,1H2,(H,8,9). The van der Waals surface area contributed by atoms with Crippen molar-refractivity contribution in [3.05, 3.63) is 31.1 Å². The van der Waals surface area contributed by atoms with Crippen LogP contribution < -0.4 is 5.32 Å². The highest BCUT2D eigenvalue weighted by molar-refractivity contribution is 5.49. The van der Waals surface area contributed by atoms with Crippen molar-refractivity contribution in [2.24, 2.45) is 0 Å². The van der Waals surface area contributed by atoms with Crippen LogP contribution in [0, 0.1) is 0 Å². The summed E-state index contributed by atoms with van der Waals surface area (Å²) in [6, 6.07) is 3.21. The van der Waals surface area contributed by atoms with Crippen LogP contribution in [0.1, 0.15) is 0 Å². The summed E-state index contributed by atoms with van der Waals surface area (Å²) in [6.45, 7) is 3.43. The largest absolute Gasteiger partial charge is 0.504 e. The minimum atomic E-state index is 0.127. The Balaban J connectivity index is 2.91. The van der Waals surface area contributed by atoms with Gasteiger partial charge < -0.3 is 10.4 Å². The highest BCUT2D eigenvalue weighted by Gasteiger charge is 1.94. The van der Waals surface area contributed by atoms with Crippen LogP contribution in [0.5, 0.6) is 5.75 Å². The van der Waals surface area contributed by atoms with E-state index in [1.54, 1.807) is 18.3 Å². The lowest BCUT2D eigenvalue weighted by atomic mass is 10.4. The third kappa shape index (κ3) is 1.25. The lowest BCUT2D eigenvalue weighted by Crippen LogP contribution is -1.89. The molecule has 3 heteroatoms. The van der Waals surface area contributed by atoms with E-state index in [9.17, 15) is 0 Å². The van der Waals surface area contributed by atoms with E-state index in [0.29, 0.717) is 5.82 Å². The zero-order valence-electron chi connectivity index (χ0n) is 5.41. The molecule has 1 heterocycles. The Kier molecular flexibility index (Phi) is 1.89. The molecule has 0 radical (unpaired) electrons. The number of hydrogen-bond acceptors (Lipinski definition) is 3. The molecular weight excluding hydrogens is 128 g/mol. The minimum absolute atomic E-state index is 0.127. The smallest absolute Gasteiger partial charge is 0.172 e. The number of pyridine rings is 1. The maximum Gasteiger partial charge on any atom is 0.172 e. The summed E-state index contributed by atoms with van der Waals surface area (Å²) < 4.78 is 0. The molecule has 1 aromatic rings. The van der Waals surface area contributed by atoms with Crippen molar-refractivity contribution < 1.29 is 5.11 Å². The van der Waals surface area contributed by atoms with Crippen LogP contribution in [0.3, 0.4) is 0 Å². The van der Waals surface area contributed by atoms with Gasteiger partial charge in [-0.25, -0.2) is 4.98 Å². The van der Waals surface area contributed by atoms with E-state index < -0.39 is 0 Å². The lowest BCUT2D eigenvalue weighted by molar-refractivity contribution is 0.475. The van der Waals surface area contributed by atoms with Crippen molar-refractivity contribution in [1.82, 2.24) is 4.98 Å². The fraction of sp³-hybridized carbons (Fsp3) is 0. The summed E-state index contributed by atoms with van der Waals surface area (Å²) in [4.78, 5) is 3.84. The van der Waals surface area contributed by atoms with Gasteiger partial charge in [-0.05, 0) is 18.3 Å². The molecule has 0 bridgehead atoms. The van der Waals surface area contributed by atoms with E-state index in [1.165, 1.54) is 6.20 Å². The van der Waals surface area contributed by atoms with Gasteiger partial charge in [-0.3, -0.25) is 0 Å². The molecule has 0 aliphatic carbocycles. The molecule has 0 fully saturated rings. The van der Waals surface area contributed by atoms with Crippen molar-refractivity contribution in [3.8, 4) is 5.75 Å². The number of anilines is 1. The van der Waals surface area contributed by atoms with Crippen molar-refractivity contribution >= 4 is 5.82 Å². The van der Waals surface area contributed by atoms with E-state index in [1.807, 2.05) is 0 Å². The van der Waals surface area contributed by atoms with Gasteiger partial charge in [0.1, 0.15) is 0 Å². The second-order valence-electron chi connectivity index (χ2n) is 1.72. The number of aromatic nitrogens is 1. The molecule has 0 aromatic carbocycles. The molecule has 0 saturated carbocycles. The van der Waals surface area contributed by atoms with Gasteiger partial charge in [-0.2, -0.15) is 0 Å². The van der Waals surface area contributed by atoms with Crippen LogP contribution in [-0.4, -0.2) is 10.1 Å². The molecular formula is C7H8N2O. The van der Waals surface area contributed by atoms with Gasteiger partial charge in [-0.1, -0.05) is 6.58 Å². The third-order valence-corrected chi connectivity index (χ3v) is 1.03. The maximum absolute atomic E-state index is 9.07. The summed E-state index contributed by atoms with van der Waals surface area (Å²) in [7, 11) is 0. The molecule has 1 aromatic heterocycles. The molecule has 0 spiro atoms. The Morgan fingerprint density at radius 1 is 1.70 bits per heavy atom. The van der Waals surface area contributed by atoms with Crippen molar-refractivity contribution in [3.63, 3.8) is 0 Å². The molecule has 52 valence electrons. The van der Waals surface area contributed by atoms with Crippen molar-refractivity contribution in [2.45, 2.75) is 0 Å². The Bertz CT molecular complexity index is 235. The highest BCUT2D eigenvalue weighted by atomic mass is 16.3. The van der Waals surface area contributed by atoms with Crippen LogP contribution >= 0.6 is 0 Å². The van der Waals surface area contributed by atoms with Crippen LogP contribution in [0.4, 0.5) is 5.82 Å². The quantitative estimate of drug-likeness (QED) is 0.644. The summed E-state index contributed by atoms with van der Waals surface area (Å²) in [5.41, 5.74) is 0. The molecule has 0 aliphatic heterocycles. The average molecular weight is 136 g/mol. The topological polar surface area (TPSA) is 45.2 Å². The Hall–Kier alpha value is -1.51. The second kappa shape index (κ2) is 2.87. The molecule has 0 atom stereocenters. The molecule has 2 N–H and O–H groups in total. The number of nitrogens with zero attached hydrogens (tertiary/aromatic N) is 1. The van der Waals surface area contributed by atoms with E-state index in [0.717, 1.165) is 0 Å². The number of rotatable bonds is 2. The van der Waals surface area contributed by atoms with Crippen LogP contribution in [0.15, 0.2) is 31.1 Å². The monoisotopic (exact) mass is 136 g/mol. The van der Waals surface area contributed by atoms with Gasteiger partial charge in [0.2, 0.25) is 0 Å². The zero-order chi connectivity index (χ0) is 7.40. The van der Waals surface area contributed by atoms with Crippen LogP contribution in [0.25, 0.3) is 0 Å². The lowest BCUT2D eigenvalue weighted by Gasteiger charge is -1.99. The summed E-state index contributed by atoms with van der Waals surface area (Å²) in [5, 5.41) is 11.7. The van der Waals surface area contributed by atoms with E-state index in [-0.39, 0.29) is 5.75 Å². The normalized spacial score (nSPS) is 8.80. The Labute approximate surface area is 59.0 Å². The molecule has 0 saturated heterocycles. The first-order valence-electron chi connectivity index (χ1n) is 2.86. The van der Waals surface area contributed by atoms with Gasteiger partial charge >= 0.3 is 0 Å². The number of nitrogens with one attached hydrogen (secondary N) is 1. The maximum atomic E-state index is 9.07. The number of hydrogen-bond donors (Lipinski definition) is 2. The predicted octanol–water partition coefficient (Wildman–Crippen LogP) is 1.34. The van der Waals surface area contributed by atoms with Gasteiger partial charge in [0.05, 0.1) is 0 Å². The summed E-state index contributed by atoms with van der Waals surface area (Å²) >= 11 is 0. The molecule has 0 amide bonds. The molecule has 0 aliphatic rings. The molecule has 3 nitrogen and oxygen atoms in total. The fourth-order valence-corrected chi connectivity index (χ4v) is 0.605. The Morgan fingerprint density at radius 2 is 2.50 bits per heavy atom. The second-order valence-corrected chi connectivity index (χ2v) is 1.72. The third-order valence-electron chi connectivity index (χ3n) is 1.03. The first-order valence-corrected chi connectivity index (χ1v) is 2.86. The first-order chi connectivity index (χ1) is 4.84. The van der Waals surface area contributed by atoms with Crippen molar-refractivity contribution in [1.29, 1.82) is 0 Å². The summed E-state index contributed by atoms with van der Waals surface area (Å²) in [6.07, 6.45) is 3.05. The van der Waals surface area contributed by atoms with Gasteiger partial charge in [0, 0.05) is 6.20 Å². The predicted molar refractivity (Wildman–Crippen MR) is 39.7 cm³/mol. The zero-order valence-corrected chi connectivity index (χ0v) is 5.41. The fourth-order valence-electron chi connectivity index (χ4n) is 0.605.